The SMILES string of the molecule is O=C(CN1C(=O)N[C@]2(CCOc3ccccc32)C1=O)Nc1ccc2c(c1)OCCO2. The van der Waals surface area contributed by atoms with Crippen molar-refractivity contribution in [3.8, 4) is 17.2 Å². The molecule has 1 atom stereocenters. The second-order valence-electron chi connectivity index (χ2n) is 7.23. The van der Waals surface area contributed by atoms with E-state index in [4.69, 9.17) is 14.2 Å². The van der Waals surface area contributed by atoms with Crippen LogP contribution in [-0.2, 0) is 15.1 Å². The fourth-order valence-corrected chi connectivity index (χ4v) is 3.98. The first kappa shape index (κ1) is 18.3. The standard InChI is InChI=1S/C21H19N3O6/c25-18(22-13-5-6-16-17(11-13)30-10-9-29-16)12-24-19(26)21(23-20(24)27)7-8-28-15-4-2-1-3-14(15)21/h1-6,11H,7-10,12H2,(H,22,25)(H,23,27)/t21-/m0/s1. The number of ether oxygens (including phenoxy) is 3. The van der Waals surface area contributed by atoms with E-state index in [1.165, 1.54) is 0 Å². The van der Waals surface area contributed by atoms with Gasteiger partial charge in [-0.25, -0.2) is 4.79 Å². The molecule has 3 aliphatic rings. The molecule has 5 rings (SSSR count). The molecule has 0 aromatic heterocycles. The highest BCUT2D eigenvalue weighted by molar-refractivity contribution is 6.10. The van der Waals surface area contributed by atoms with Crippen LogP contribution in [0.25, 0.3) is 0 Å². The van der Waals surface area contributed by atoms with E-state index in [2.05, 4.69) is 10.6 Å². The highest BCUT2D eigenvalue weighted by Gasteiger charge is 2.55. The average Bonchev–Trinajstić information content (AvgIpc) is 2.98. The molecule has 1 saturated heterocycles. The number of carbonyl (C=O) groups is 3. The molecule has 9 heteroatoms. The average molecular weight is 409 g/mol. The molecule has 154 valence electrons. The predicted molar refractivity (Wildman–Crippen MR) is 105 cm³/mol. The quantitative estimate of drug-likeness (QED) is 0.747. The number of carbonyl (C=O) groups excluding carboxylic acids is 3. The van der Waals surface area contributed by atoms with Gasteiger partial charge in [-0.05, 0) is 18.2 Å². The normalized spacial score (nSPS) is 21.7. The summed E-state index contributed by atoms with van der Waals surface area (Å²) in [7, 11) is 0. The van der Waals surface area contributed by atoms with Crippen molar-refractivity contribution in [1.82, 2.24) is 10.2 Å². The zero-order valence-electron chi connectivity index (χ0n) is 16.0. The summed E-state index contributed by atoms with van der Waals surface area (Å²) in [5, 5.41) is 5.47. The van der Waals surface area contributed by atoms with Gasteiger partial charge in [-0.1, -0.05) is 18.2 Å². The molecular weight excluding hydrogens is 390 g/mol. The third kappa shape index (κ3) is 2.90. The molecule has 0 aliphatic carbocycles. The number of urea groups is 1. The first-order valence-electron chi connectivity index (χ1n) is 9.63. The Labute approximate surface area is 171 Å². The minimum Gasteiger partial charge on any atom is -0.493 e. The molecule has 30 heavy (non-hydrogen) atoms. The number of imide groups is 1. The van der Waals surface area contributed by atoms with Crippen molar-refractivity contribution in [2.24, 2.45) is 0 Å². The van der Waals surface area contributed by atoms with Gasteiger partial charge in [-0.15, -0.1) is 0 Å². The third-order valence-electron chi connectivity index (χ3n) is 5.38. The lowest BCUT2D eigenvalue weighted by Crippen LogP contribution is -2.48. The number of nitrogens with zero attached hydrogens (tertiary/aromatic N) is 1. The number of benzene rings is 2. The number of anilines is 1. The summed E-state index contributed by atoms with van der Waals surface area (Å²) in [6.07, 6.45) is 0.300. The molecule has 2 N–H and O–H groups in total. The Kier molecular flexibility index (Phi) is 4.23. The molecule has 3 heterocycles. The third-order valence-corrected chi connectivity index (χ3v) is 5.38. The van der Waals surface area contributed by atoms with E-state index in [9.17, 15) is 14.4 Å². The smallest absolute Gasteiger partial charge is 0.325 e. The number of rotatable bonds is 3. The molecular formula is C21H19N3O6. The highest BCUT2D eigenvalue weighted by Crippen LogP contribution is 2.41. The van der Waals surface area contributed by atoms with Crippen molar-refractivity contribution in [1.29, 1.82) is 0 Å². The summed E-state index contributed by atoms with van der Waals surface area (Å²) in [5.41, 5.74) is -0.116. The molecule has 9 nitrogen and oxygen atoms in total. The lowest BCUT2D eigenvalue weighted by molar-refractivity contribution is -0.135. The van der Waals surface area contributed by atoms with Crippen molar-refractivity contribution < 1.29 is 28.6 Å². The van der Waals surface area contributed by atoms with Crippen molar-refractivity contribution in [3.05, 3.63) is 48.0 Å². The summed E-state index contributed by atoms with van der Waals surface area (Å²) in [5.74, 6) is 0.744. The van der Waals surface area contributed by atoms with Gasteiger partial charge in [-0.3, -0.25) is 14.5 Å². The Morgan fingerprint density at radius 2 is 1.77 bits per heavy atom. The van der Waals surface area contributed by atoms with Crippen LogP contribution in [0.4, 0.5) is 10.5 Å². The second kappa shape index (κ2) is 6.94. The van der Waals surface area contributed by atoms with Crippen molar-refractivity contribution in [2.75, 3.05) is 31.7 Å². The summed E-state index contributed by atoms with van der Waals surface area (Å²) in [6.45, 7) is 0.797. The van der Waals surface area contributed by atoms with E-state index >= 15 is 0 Å². The topological polar surface area (TPSA) is 106 Å². The zero-order chi connectivity index (χ0) is 20.7. The van der Waals surface area contributed by atoms with Gasteiger partial charge in [0.1, 0.15) is 25.5 Å². The lowest BCUT2D eigenvalue weighted by Gasteiger charge is -2.33. The Morgan fingerprint density at radius 3 is 2.63 bits per heavy atom. The maximum Gasteiger partial charge on any atom is 0.325 e. The summed E-state index contributed by atoms with van der Waals surface area (Å²) in [6, 6.07) is 11.5. The van der Waals surface area contributed by atoms with Crippen molar-refractivity contribution in [3.63, 3.8) is 0 Å². The summed E-state index contributed by atoms with van der Waals surface area (Å²) < 4.78 is 16.6. The lowest BCUT2D eigenvalue weighted by atomic mass is 9.84. The van der Waals surface area contributed by atoms with E-state index in [1.54, 1.807) is 42.5 Å². The first-order valence-corrected chi connectivity index (χ1v) is 9.63. The maximum atomic E-state index is 13.2. The van der Waals surface area contributed by atoms with E-state index in [0.717, 1.165) is 4.90 Å². The molecule has 0 bridgehead atoms. The van der Waals surface area contributed by atoms with E-state index in [-0.39, 0.29) is 0 Å². The van der Waals surface area contributed by atoms with Crippen LogP contribution in [0.3, 0.4) is 0 Å². The molecule has 3 aliphatic heterocycles. The van der Waals surface area contributed by atoms with Gasteiger partial charge < -0.3 is 24.8 Å². The van der Waals surface area contributed by atoms with Crippen LogP contribution in [0.2, 0.25) is 0 Å². The van der Waals surface area contributed by atoms with Crippen LogP contribution in [0, 0.1) is 0 Å². The zero-order valence-corrected chi connectivity index (χ0v) is 16.0. The number of hydrogen-bond acceptors (Lipinski definition) is 6. The van der Waals surface area contributed by atoms with Gasteiger partial charge in [0.2, 0.25) is 5.91 Å². The van der Waals surface area contributed by atoms with Gasteiger partial charge >= 0.3 is 6.03 Å². The number of nitrogens with one attached hydrogen (secondary N) is 2. The first-order chi connectivity index (χ1) is 14.6. The molecule has 4 amide bonds. The van der Waals surface area contributed by atoms with Gasteiger partial charge in [0.25, 0.3) is 5.91 Å². The van der Waals surface area contributed by atoms with Crippen molar-refractivity contribution >= 4 is 23.5 Å². The largest absolute Gasteiger partial charge is 0.493 e. The monoisotopic (exact) mass is 409 g/mol. The van der Waals surface area contributed by atoms with Crippen LogP contribution in [0.1, 0.15) is 12.0 Å². The molecule has 0 radical (unpaired) electrons. The van der Waals surface area contributed by atoms with E-state index in [1.807, 2.05) is 0 Å². The summed E-state index contributed by atoms with van der Waals surface area (Å²) in [4.78, 5) is 39.3. The Bertz CT molecular complexity index is 1050. The van der Waals surface area contributed by atoms with Crippen LogP contribution in [0.5, 0.6) is 17.2 Å². The van der Waals surface area contributed by atoms with Crippen LogP contribution in [-0.4, -0.2) is 49.1 Å². The number of amides is 4. The highest BCUT2D eigenvalue weighted by atomic mass is 16.6. The van der Waals surface area contributed by atoms with Gasteiger partial charge in [0.15, 0.2) is 17.0 Å². The minimum absolute atomic E-state index is 0.292. The predicted octanol–water partition coefficient (Wildman–Crippen LogP) is 1.63. The number of fused-ring (bicyclic) bond motifs is 3. The fourth-order valence-electron chi connectivity index (χ4n) is 3.98. The van der Waals surface area contributed by atoms with Gasteiger partial charge in [0, 0.05) is 23.7 Å². The molecule has 1 spiro atoms. The molecule has 0 saturated carbocycles. The van der Waals surface area contributed by atoms with Gasteiger partial charge in [-0.2, -0.15) is 0 Å². The van der Waals surface area contributed by atoms with Crippen molar-refractivity contribution in [2.45, 2.75) is 12.0 Å². The Morgan fingerprint density at radius 1 is 1.00 bits per heavy atom. The van der Waals surface area contributed by atoms with Crippen LogP contribution < -0.4 is 24.8 Å². The molecule has 2 aromatic carbocycles. The molecule has 0 unspecified atom stereocenters. The Balaban J connectivity index is 1.33. The minimum atomic E-state index is -1.21. The van der Waals surface area contributed by atoms with Gasteiger partial charge in [0.05, 0.1) is 6.61 Å². The number of para-hydroxylation sites is 1. The number of hydrogen-bond donors (Lipinski definition) is 2. The Hall–Kier alpha value is -3.75. The van der Waals surface area contributed by atoms with Crippen LogP contribution in [0.15, 0.2) is 42.5 Å². The van der Waals surface area contributed by atoms with E-state index < -0.39 is 29.9 Å². The molecule has 2 aromatic rings. The van der Waals surface area contributed by atoms with Crippen LogP contribution >= 0.6 is 0 Å². The van der Waals surface area contributed by atoms with E-state index in [0.29, 0.717) is 54.7 Å². The second-order valence-corrected chi connectivity index (χ2v) is 7.23. The fraction of sp³-hybridized carbons (Fsp3) is 0.286. The molecule has 1 fully saturated rings. The summed E-state index contributed by atoms with van der Waals surface area (Å²) >= 11 is 0. The maximum absolute atomic E-state index is 13.2.